The second kappa shape index (κ2) is 6.14. The zero-order valence-corrected chi connectivity index (χ0v) is 15.9. The van der Waals surface area contributed by atoms with Crippen LogP contribution in [0.25, 0.3) is 10.1 Å². The number of carbonyl (C=O) groups is 1. The number of aryl methyl sites for hydroxylation is 2. The molecule has 0 spiro atoms. The maximum Gasteiger partial charge on any atom is 0.269 e. The lowest BCUT2D eigenvalue weighted by Gasteiger charge is -2.15. The van der Waals surface area contributed by atoms with Gasteiger partial charge in [0.2, 0.25) is 0 Å². The minimum Gasteiger partial charge on any atom is -0.297 e. The number of rotatable bonds is 2. The Bertz CT molecular complexity index is 944. The number of nitrogens with zero attached hydrogens (tertiary/aromatic N) is 1. The number of amides is 1. The lowest BCUT2D eigenvalue weighted by atomic mass is 9.93. The van der Waals surface area contributed by atoms with E-state index in [2.05, 4.69) is 23.3 Å². The molecule has 1 aliphatic carbocycles. The van der Waals surface area contributed by atoms with Gasteiger partial charge < -0.3 is 0 Å². The van der Waals surface area contributed by atoms with E-state index in [4.69, 9.17) is 11.6 Å². The highest BCUT2D eigenvalue weighted by Crippen LogP contribution is 2.37. The Balaban J connectivity index is 1.62. The van der Waals surface area contributed by atoms with Crippen molar-refractivity contribution < 1.29 is 4.79 Å². The van der Waals surface area contributed by atoms with Gasteiger partial charge >= 0.3 is 0 Å². The van der Waals surface area contributed by atoms with Crippen LogP contribution in [0.3, 0.4) is 0 Å². The first kappa shape index (κ1) is 16.1. The average Bonchev–Trinajstić information content (AvgIpc) is 3.07. The van der Waals surface area contributed by atoms with Gasteiger partial charge in [0, 0.05) is 15.0 Å². The molecule has 3 aromatic rings. The van der Waals surface area contributed by atoms with Gasteiger partial charge in [0.25, 0.3) is 5.91 Å². The summed E-state index contributed by atoms with van der Waals surface area (Å²) >= 11 is 9.45. The molecule has 2 aromatic heterocycles. The molecule has 1 aliphatic rings. The van der Waals surface area contributed by atoms with Gasteiger partial charge in [-0.1, -0.05) is 30.7 Å². The second-order valence-electron chi connectivity index (χ2n) is 6.44. The molecule has 0 radical (unpaired) electrons. The summed E-state index contributed by atoms with van der Waals surface area (Å²) in [6.45, 7) is 4.30. The summed E-state index contributed by atoms with van der Waals surface area (Å²) in [5, 5.41) is 5.09. The second-order valence-corrected chi connectivity index (χ2v) is 8.95. The quantitative estimate of drug-likeness (QED) is 0.623. The summed E-state index contributed by atoms with van der Waals surface area (Å²) in [5.41, 5.74) is 2.31. The number of hydrogen-bond acceptors (Lipinski definition) is 4. The summed E-state index contributed by atoms with van der Waals surface area (Å²) < 4.78 is 1.04. The lowest BCUT2D eigenvalue weighted by Crippen LogP contribution is -2.11. The molecule has 1 N–H and O–H groups in total. The summed E-state index contributed by atoms with van der Waals surface area (Å²) in [5.74, 6) is 0.528. The largest absolute Gasteiger partial charge is 0.297 e. The van der Waals surface area contributed by atoms with E-state index in [1.807, 2.05) is 19.1 Å². The van der Waals surface area contributed by atoms with E-state index in [-0.39, 0.29) is 5.91 Å². The summed E-state index contributed by atoms with van der Waals surface area (Å²) in [7, 11) is 0. The Morgan fingerprint density at radius 3 is 3.04 bits per heavy atom. The van der Waals surface area contributed by atoms with Crippen LogP contribution in [0.1, 0.15) is 39.2 Å². The number of benzene rings is 1. The molecule has 0 unspecified atom stereocenters. The third-order valence-electron chi connectivity index (χ3n) is 4.40. The summed E-state index contributed by atoms with van der Waals surface area (Å²) in [4.78, 5) is 19.1. The molecule has 124 valence electrons. The highest BCUT2D eigenvalue weighted by atomic mass is 35.5. The topological polar surface area (TPSA) is 42.0 Å². The first-order valence-corrected chi connectivity index (χ1v) is 10.0. The Labute approximate surface area is 153 Å². The smallest absolute Gasteiger partial charge is 0.269 e. The van der Waals surface area contributed by atoms with Gasteiger partial charge in [-0.05, 0) is 43.7 Å². The number of hydrogen-bond donors (Lipinski definition) is 1. The fourth-order valence-electron chi connectivity index (χ4n) is 3.07. The maximum atomic E-state index is 12.6. The molecule has 6 heteroatoms. The molecule has 0 bridgehead atoms. The fraction of sp³-hybridized carbons (Fsp3) is 0.333. The molecule has 0 saturated carbocycles. The van der Waals surface area contributed by atoms with Crippen LogP contribution < -0.4 is 5.32 Å². The predicted molar refractivity (Wildman–Crippen MR) is 103 cm³/mol. The van der Waals surface area contributed by atoms with Crippen LogP contribution in [-0.2, 0) is 12.8 Å². The van der Waals surface area contributed by atoms with Gasteiger partial charge in [0.05, 0.1) is 10.7 Å². The summed E-state index contributed by atoms with van der Waals surface area (Å²) in [6, 6.07) is 6.05. The van der Waals surface area contributed by atoms with Crippen LogP contribution in [-0.4, -0.2) is 10.9 Å². The molecule has 1 aromatic carbocycles. The molecule has 4 rings (SSSR count). The average molecular weight is 377 g/mol. The van der Waals surface area contributed by atoms with Crippen LogP contribution in [0.2, 0.25) is 5.02 Å². The Morgan fingerprint density at radius 2 is 2.21 bits per heavy atom. The van der Waals surface area contributed by atoms with Crippen LogP contribution >= 0.6 is 34.3 Å². The van der Waals surface area contributed by atoms with Crippen LogP contribution in [0.15, 0.2) is 18.2 Å². The third-order valence-corrected chi connectivity index (χ3v) is 7.09. The number of thiophene rings is 1. The van der Waals surface area contributed by atoms with E-state index < -0.39 is 0 Å². The van der Waals surface area contributed by atoms with Crippen molar-refractivity contribution in [3.05, 3.63) is 44.2 Å². The number of anilines is 1. The predicted octanol–water partition coefficient (Wildman–Crippen LogP) is 5.70. The van der Waals surface area contributed by atoms with E-state index in [9.17, 15) is 4.79 Å². The molecule has 24 heavy (non-hydrogen) atoms. The van der Waals surface area contributed by atoms with Crippen molar-refractivity contribution in [2.24, 2.45) is 5.92 Å². The minimum absolute atomic E-state index is 0.169. The van der Waals surface area contributed by atoms with Gasteiger partial charge in [-0.2, -0.15) is 0 Å². The van der Waals surface area contributed by atoms with Crippen molar-refractivity contribution in [2.45, 2.75) is 33.1 Å². The van der Waals surface area contributed by atoms with Gasteiger partial charge in [0.1, 0.15) is 4.88 Å². The van der Waals surface area contributed by atoms with Crippen LogP contribution in [0, 0.1) is 12.8 Å². The lowest BCUT2D eigenvalue weighted by molar-refractivity contribution is 0.103. The Hall–Kier alpha value is -1.43. The number of nitrogens with one attached hydrogen (secondary N) is 1. The molecular weight excluding hydrogens is 360 g/mol. The Kier molecular flexibility index (Phi) is 4.11. The first-order chi connectivity index (χ1) is 11.5. The number of aromatic nitrogens is 1. The number of carbonyl (C=O) groups excluding carboxylic acids is 1. The van der Waals surface area contributed by atoms with Gasteiger partial charge in [0.15, 0.2) is 5.13 Å². The van der Waals surface area contributed by atoms with Gasteiger partial charge in [-0.3, -0.25) is 10.1 Å². The van der Waals surface area contributed by atoms with E-state index >= 15 is 0 Å². The number of thiazole rings is 1. The molecule has 2 heterocycles. The number of halogens is 1. The zero-order valence-electron chi connectivity index (χ0n) is 13.5. The van der Waals surface area contributed by atoms with Crippen molar-refractivity contribution >= 4 is 55.4 Å². The van der Waals surface area contributed by atoms with E-state index in [1.54, 1.807) is 11.3 Å². The normalized spacial score (nSPS) is 17.0. The van der Waals surface area contributed by atoms with E-state index in [1.165, 1.54) is 22.6 Å². The van der Waals surface area contributed by atoms with Crippen molar-refractivity contribution in [1.82, 2.24) is 4.98 Å². The SMILES string of the molecule is Cc1ccc2c(Cl)c(C(=O)Nc3nc4c(s3)C[C@@H](C)CC4)sc2c1. The van der Waals surface area contributed by atoms with E-state index in [0.29, 0.717) is 20.9 Å². The summed E-state index contributed by atoms with van der Waals surface area (Å²) in [6.07, 6.45) is 3.24. The monoisotopic (exact) mass is 376 g/mol. The van der Waals surface area contributed by atoms with Crippen molar-refractivity contribution in [2.75, 3.05) is 5.32 Å². The van der Waals surface area contributed by atoms with Crippen LogP contribution in [0.5, 0.6) is 0 Å². The first-order valence-electron chi connectivity index (χ1n) is 8.00. The number of fused-ring (bicyclic) bond motifs is 2. The highest BCUT2D eigenvalue weighted by Gasteiger charge is 2.22. The van der Waals surface area contributed by atoms with Gasteiger partial charge in [-0.15, -0.1) is 22.7 Å². The molecule has 1 atom stereocenters. The molecule has 0 aliphatic heterocycles. The van der Waals surface area contributed by atoms with E-state index in [0.717, 1.165) is 34.2 Å². The van der Waals surface area contributed by atoms with Crippen LogP contribution in [0.4, 0.5) is 5.13 Å². The van der Waals surface area contributed by atoms with Crippen molar-refractivity contribution in [3.8, 4) is 0 Å². The molecule has 0 saturated heterocycles. The minimum atomic E-state index is -0.169. The molecule has 3 nitrogen and oxygen atoms in total. The molecular formula is C18H17ClN2OS2. The third kappa shape index (κ3) is 2.85. The maximum absolute atomic E-state index is 12.6. The van der Waals surface area contributed by atoms with Crippen molar-refractivity contribution in [3.63, 3.8) is 0 Å². The van der Waals surface area contributed by atoms with Gasteiger partial charge in [-0.25, -0.2) is 4.98 Å². The molecule has 1 amide bonds. The van der Waals surface area contributed by atoms with Crippen molar-refractivity contribution in [1.29, 1.82) is 0 Å². The highest BCUT2D eigenvalue weighted by molar-refractivity contribution is 7.22. The standard InChI is InChI=1S/C18H17ClN2OS2/c1-9-3-5-11-13(7-9)23-16(15(11)19)17(22)21-18-20-12-6-4-10(2)8-14(12)24-18/h3,5,7,10H,4,6,8H2,1-2H3,(H,20,21,22)/t10-/m0/s1. The molecule has 0 fully saturated rings. The Morgan fingerprint density at radius 1 is 1.38 bits per heavy atom. The zero-order chi connectivity index (χ0) is 16.8. The fourth-order valence-corrected chi connectivity index (χ4v) is 5.74.